The van der Waals surface area contributed by atoms with Crippen molar-refractivity contribution in [2.24, 2.45) is 0 Å². The van der Waals surface area contributed by atoms with Gasteiger partial charge in [-0.25, -0.2) is 14.1 Å². The zero-order chi connectivity index (χ0) is 9.97. The summed E-state index contributed by atoms with van der Waals surface area (Å²) in [7, 11) is 0. The minimum absolute atomic E-state index is 0.210. The highest BCUT2D eigenvalue weighted by atomic mass is 127. The van der Waals surface area contributed by atoms with Gasteiger partial charge in [-0.1, -0.05) is 18.2 Å². The van der Waals surface area contributed by atoms with E-state index in [-0.39, 0.29) is 5.82 Å². The van der Waals surface area contributed by atoms with Crippen molar-refractivity contribution < 1.29 is 4.39 Å². The van der Waals surface area contributed by atoms with Crippen LogP contribution in [0.15, 0.2) is 30.6 Å². The summed E-state index contributed by atoms with van der Waals surface area (Å²) in [5.41, 5.74) is 0.619. The number of nitrogens with zero attached hydrogens (tertiary/aromatic N) is 3. The number of rotatable bonds is 2. The molecule has 0 radical (unpaired) electrons. The van der Waals surface area contributed by atoms with Crippen molar-refractivity contribution in [1.29, 1.82) is 0 Å². The van der Waals surface area contributed by atoms with Gasteiger partial charge in [0.25, 0.3) is 0 Å². The standard InChI is InChI=1S/C9H7FIN3/c10-8-4-2-1-3-7(8)5-14-6-12-9(11)13-14/h1-4,6H,5H2. The van der Waals surface area contributed by atoms with E-state index in [1.54, 1.807) is 29.2 Å². The predicted molar refractivity (Wildman–Crippen MR) is 58.2 cm³/mol. The quantitative estimate of drug-likeness (QED) is 0.795. The Morgan fingerprint density at radius 2 is 2.14 bits per heavy atom. The third kappa shape index (κ3) is 2.09. The van der Waals surface area contributed by atoms with Crippen molar-refractivity contribution in [3.05, 3.63) is 45.8 Å². The van der Waals surface area contributed by atoms with E-state index in [2.05, 4.69) is 10.1 Å². The average molecular weight is 303 g/mol. The molecule has 72 valence electrons. The second-order valence-corrected chi connectivity index (χ2v) is 3.77. The summed E-state index contributed by atoms with van der Waals surface area (Å²) in [5, 5.41) is 4.07. The SMILES string of the molecule is Fc1ccccc1Cn1cnc(I)n1. The zero-order valence-electron chi connectivity index (χ0n) is 7.19. The Morgan fingerprint density at radius 1 is 1.36 bits per heavy atom. The number of aromatic nitrogens is 3. The predicted octanol–water partition coefficient (Wildman–Crippen LogP) is 2.07. The summed E-state index contributed by atoms with van der Waals surface area (Å²) in [6.45, 7) is 0.419. The smallest absolute Gasteiger partial charge is 0.211 e. The van der Waals surface area contributed by atoms with Gasteiger partial charge < -0.3 is 0 Å². The molecule has 0 saturated heterocycles. The van der Waals surface area contributed by atoms with Crippen LogP contribution in [0.1, 0.15) is 5.56 Å². The van der Waals surface area contributed by atoms with Crippen LogP contribution < -0.4 is 0 Å². The van der Waals surface area contributed by atoms with Crippen molar-refractivity contribution in [3.8, 4) is 0 Å². The molecule has 0 N–H and O–H groups in total. The number of benzene rings is 1. The third-order valence-electron chi connectivity index (χ3n) is 1.80. The Kier molecular flexibility index (Phi) is 2.76. The van der Waals surface area contributed by atoms with E-state index in [1.807, 2.05) is 22.6 Å². The van der Waals surface area contributed by atoms with Crippen LogP contribution >= 0.6 is 22.6 Å². The van der Waals surface area contributed by atoms with Crippen LogP contribution in [0.5, 0.6) is 0 Å². The van der Waals surface area contributed by atoms with Crippen LogP contribution in [-0.2, 0) is 6.54 Å². The van der Waals surface area contributed by atoms with Gasteiger partial charge in [-0.2, -0.15) is 0 Å². The lowest BCUT2D eigenvalue weighted by Crippen LogP contribution is -2.02. The molecule has 0 aliphatic carbocycles. The molecule has 3 nitrogen and oxygen atoms in total. The van der Waals surface area contributed by atoms with Gasteiger partial charge in [0.05, 0.1) is 6.54 Å². The molecule has 14 heavy (non-hydrogen) atoms. The minimum Gasteiger partial charge on any atom is -0.247 e. The largest absolute Gasteiger partial charge is 0.247 e. The topological polar surface area (TPSA) is 30.7 Å². The highest BCUT2D eigenvalue weighted by Crippen LogP contribution is 2.07. The van der Waals surface area contributed by atoms with Crippen molar-refractivity contribution in [1.82, 2.24) is 14.8 Å². The first-order chi connectivity index (χ1) is 6.75. The molecule has 0 saturated carbocycles. The molecule has 0 unspecified atom stereocenters. The lowest BCUT2D eigenvalue weighted by molar-refractivity contribution is 0.584. The molecule has 5 heteroatoms. The van der Waals surface area contributed by atoms with Gasteiger partial charge in [0, 0.05) is 28.2 Å². The molecule has 1 aromatic heterocycles. The summed E-state index contributed by atoms with van der Waals surface area (Å²) < 4.78 is 15.5. The van der Waals surface area contributed by atoms with Crippen LogP contribution in [0.25, 0.3) is 0 Å². The molecule has 2 aromatic rings. The van der Waals surface area contributed by atoms with Crippen LogP contribution in [-0.4, -0.2) is 14.8 Å². The molecule has 1 aromatic carbocycles. The van der Waals surface area contributed by atoms with Crippen molar-refractivity contribution >= 4 is 22.6 Å². The Labute approximate surface area is 94.1 Å². The summed E-state index contributed by atoms with van der Waals surface area (Å²) in [4.78, 5) is 3.96. The Hall–Kier alpha value is -0.980. The van der Waals surface area contributed by atoms with Gasteiger partial charge in [0.2, 0.25) is 3.83 Å². The molecule has 2 rings (SSSR count). The summed E-state index contributed by atoms with van der Waals surface area (Å²) in [6.07, 6.45) is 1.59. The highest BCUT2D eigenvalue weighted by molar-refractivity contribution is 14.1. The fraction of sp³-hybridized carbons (Fsp3) is 0.111. The second-order valence-electron chi connectivity index (χ2n) is 2.80. The molecule has 0 aliphatic heterocycles. The van der Waals surface area contributed by atoms with Crippen molar-refractivity contribution in [2.75, 3.05) is 0 Å². The lowest BCUT2D eigenvalue weighted by atomic mass is 10.2. The maximum atomic E-state index is 13.2. The molecule has 0 aliphatic rings. The Balaban J connectivity index is 2.23. The van der Waals surface area contributed by atoms with Crippen molar-refractivity contribution in [2.45, 2.75) is 6.54 Å². The lowest BCUT2D eigenvalue weighted by Gasteiger charge is -2.01. The fourth-order valence-electron chi connectivity index (χ4n) is 1.15. The van der Waals surface area contributed by atoms with E-state index < -0.39 is 0 Å². The summed E-state index contributed by atoms with van der Waals surface area (Å²) in [5.74, 6) is -0.210. The van der Waals surface area contributed by atoms with Gasteiger partial charge >= 0.3 is 0 Å². The van der Waals surface area contributed by atoms with Crippen molar-refractivity contribution in [3.63, 3.8) is 0 Å². The fourth-order valence-corrected chi connectivity index (χ4v) is 1.55. The minimum atomic E-state index is -0.210. The monoisotopic (exact) mass is 303 g/mol. The molecule has 0 bridgehead atoms. The first-order valence-electron chi connectivity index (χ1n) is 4.04. The van der Waals surface area contributed by atoms with Gasteiger partial charge in [-0.3, -0.25) is 0 Å². The molecule has 0 spiro atoms. The normalized spacial score (nSPS) is 10.4. The van der Waals surface area contributed by atoms with Gasteiger partial charge in [0.15, 0.2) is 0 Å². The molecule has 1 heterocycles. The van der Waals surface area contributed by atoms with Crippen LogP contribution in [0.4, 0.5) is 4.39 Å². The van der Waals surface area contributed by atoms with Crippen LogP contribution in [0, 0.1) is 9.65 Å². The maximum absolute atomic E-state index is 13.2. The maximum Gasteiger partial charge on any atom is 0.211 e. The van der Waals surface area contributed by atoms with Gasteiger partial charge in [0.1, 0.15) is 12.1 Å². The first-order valence-corrected chi connectivity index (χ1v) is 5.12. The molecule has 0 fully saturated rings. The Morgan fingerprint density at radius 3 is 2.79 bits per heavy atom. The first kappa shape index (κ1) is 9.57. The average Bonchev–Trinajstić information content (AvgIpc) is 2.56. The molecule has 0 amide bonds. The van der Waals surface area contributed by atoms with Gasteiger partial charge in [-0.15, -0.1) is 5.10 Å². The molecule has 0 atom stereocenters. The second kappa shape index (κ2) is 4.04. The van der Waals surface area contributed by atoms with E-state index in [0.29, 0.717) is 15.9 Å². The number of hydrogen-bond acceptors (Lipinski definition) is 2. The van der Waals surface area contributed by atoms with E-state index >= 15 is 0 Å². The van der Waals surface area contributed by atoms with E-state index in [1.165, 1.54) is 6.07 Å². The van der Waals surface area contributed by atoms with E-state index in [0.717, 1.165) is 0 Å². The molecular weight excluding hydrogens is 296 g/mol. The van der Waals surface area contributed by atoms with Crippen LogP contribution in [0.2, 0.25) is 0 Å². The van der Waals surface area contributed by atoms with E-state index in [4.69, 9.17) is 0 Å². The summed E-state index contributed by atoms with van der Waals surface area (Å²) >= 11 is 2.02. The number of hydrogen-bond donors (Lipinski definition) is 0. The Bertz CT molecular complexity index is 441. The van der Waals surface area contributed by atoms with Gasteiger partial charge in [-0.05, 0) is 6.07 Å². The molecular formula is C9H7FIN3. The summed E-state index contributed by atoms with van der Waals surface area (Å²) in [6, 6.07) is 6.66. The third-order valence-corrected chi connectivity index (χ3v) is 2.29. The number of halogens is 2. The zero-order valence-corrected chi connectivity index (χ0v) is 9.35. The van der Waals surface area contributed by atoms with Crippen LogP contribution in [0.3, 0.4) is 0 Å². The highest BCUT2D eigenvalue weighted by Gasteiger charge is 2.02. The van der Waals surface area contributed by atoms with E-state index in [9.17, 15) is 4.39 Å².